The van der Waals surface area contributed by atoms with Crippen LogP contribution in [0, 0.1) is 0 Å². The number of carboxylic acid groups (broad SMARTS) is 1. The summed E-state index contributed by atoms with van der Waals surface area (Å²) in [4.78, 5) is 46.9. The van der Waals surface area contributed by atoms with Gasteiger partial charge in [0.2, 0.25) is 11.8 Å². The molecule has 0 aromatic carbocycles. The molecule has 43 heavy (non-hydrogen) atoms. The van der Waals surface area contributed by atoms with Crippen molar-refractivity contribution >= 4 is 23.8 Å². The fourth-order valence-electron chi connectivity index (χ4n) is 4.32. The number of aliphatic hydroxyl groups is 1. The number of aliphatic hydroxyl groups excluding tert-OH is 1. The average molecular weight is 607 g/mol. The minimum absolute atomic E-state index is 0.169. The second-order valence-electron chi connectivity index (χ2n) is 10.9. The summed E-state index contributed by atoms with van der Waals surface area (Å²) >= 11 is 0. The predicted molar refractivity (Wildman–Crippen MR) is 171 cm³/mol. The number of carbonyl (C=O) groups excluding carboxylic acids is 3. The Kier molecular flexibility index (Phi) is 27.2. The molecular formula is C34H58N2O7. The van der Waals surface area contributed by atoms with Crippen molar-refractivity contribution in [1.82, 2.24) is 10.6 Å². The number of hydrogen-bond acceptors (Lipinski definition) is 6. The summed E-state index contributed by atoms with van der Waals surface area (Å²) in [5.74, 6) is -2.48. The standard InChI is InChI=1S/C34H58N2O7/c1-3-5-7-9-10-11-12-13-18-22-26-33(40)43-29(23-19-15-8-6-4-2)24-20-16-14-17-21-25-31(38)35-27-32(39)36-30(28-37)34(41)42/h6,8,19-20,23-24,29-30,37H,3-5,7,9-18,21-22,25-28H2,1-2H3,(H,35,38)(H,36,39)(H,41,42)/b8-6-,23-19-,24-20-. The van der Waals surface area contributed by atoms with Gasteiger partial charge in [0.25, 0.3) is 0 Å². The zero-order chi connectivity index (χ0) is 32.0. The quantitative estimate of drug-likeness (QED) is 0.0465. The van der Waals surface area contributed by atoms with Gasteiger partial charge in [0.05, 0.1) is 13.2 Å². The monoisotopic (exact) mass is 606 g/mol. The van der Waals surface area contributed by atoms with Gasteiger partial charge in [0, 0.05) is 12.8 Å². The van der Waals surface area contributed by atoms with Gasteiger partial charge in [-0.25, -0.2) is 4.79 Å². The molecule has 2 atom stereocenters. The Morgan fingerprint density at radius 1 is 0.721 bits per heavy atom. The van der Waals surface area contributed by atoms with Crippen molar-refractivity contribution in [3.8, 4) is 0 Å². The van der Waals surface area contributed by atoms with E-state index < -0.39 is 30.6 Å². The van der Waals surface area contributed by atoms with Gasteiger partial charge in [-0.2, -0.15) is 0 Å². The molecule has 0 radical (unpaired) electrons. The topological polar surface area (TPSA) is 142 Å². The highest BCUT2D eigenvalue weighted by atomic mass is 16.5. The number of hydrogen-bond donors (Lipinski definition) is 4. The third-order valence-electron chi connectivity index (χ3n) is 6.86. The lowest BCUT2D eigenvalue weighted by atomic mass is 10.1. The van der Waals surface area contributed by atoms with Gasteiger partial charge in [-0.3, -0.25) is 14.4 Å². The van der Waals surface area contributed by atoms with Crippen molar-refractivity contribution in [3.05, 3.63) is 36.5 Å². The smallest absolute Gasteiger partial charge is 0.328 e. The molecule has 0 aliphatic carbocycles. The van der Waals surface area contributed by atoms with E-state index in [1.807, 2.05) is 24.3 Å². The Morgan fingerprint density at radius 3 is 1.95 bits per heavy atom. The number of nitrogens with one attached hydrogen (secondary N) is 2. The summed E-state index contributed by atoms with van der Waals surface area (Å²) in [5.41, 5.74) is 0. The van der Waals surface area contributed by atoms with Crippen molar-refractivity contribution in [3.63, 3.8) is 0 Å². The molecule has 9 nitrogen and oxygen atoms in total. The summed E-state index contributed by atoms with van der Waals surface area (Å²) in [7, 11) is 0. The highest BCUT2D eigenvalue weighted by Gasteiger charge is 2.18. The van der Waals surface area contributed by atoms with Gasteiger partial charge in [-0.1, -0.05) is 102 Å². The van der Waals surface area contributed by atoms with Crippen molar-refractivity contribution in [1.29, 1.82) is 0 Å². The predicted octanol–water partition coefficient (Wildman–Crippen LogP) is 6.31. The molecule has 246 valence electrons. The van der Waals surface area contributed by atoms with Crippen LogP contribution in [0.25, 0.3) is 0 Å². The maximum Gasteiger partial charge on any atom is 0.328 e. The molecule has 0 aromatic heterocycles. The lowest BCUT2D eigenvalue weighted by Gasteiger charge is -2.12. The Hall–Kier alpha value is -2.94. The second kappa shape index (κ2) is 29.1. The summed E-state index contributed by atoms with van der Waals surface area (Å²) in [6.45, 7) is 3.26. The van der Waals surface area contributed by atoms with Gasteiger partial charge in [0.15, 0.2) is 0 Å². The van der Waals surface area contributed by atoms with Crippen LogP contribution in [0.1, 0.15) is 129 Å². The fraction of sp³-hybridized carbons (Fsp3) is 0.706. The maximum atomic E-state index is 12.5. The molecular weight excluding hydrogens is 548 g/mol. The maximum absolute atomic E-state index is 12.5. The zero-order valence-electron chi connectivity index (χ0n) is 26.7. The van der Waals surface area contributed by atoms with E-state index >= 15 is 0 Å². The van der Waals surface area contributed by atoms with Gasteiger partial charge < -0.3 is 25.6 Å². The lowest BCUT2D eigenvalue weighted by molar-refractivity contribution is -0.145. The average Bonchev–Trinajstić information content (AvgIpc) is 2.98. The zero-order valence-corrected chi connectivity index (χ0v) is 26.7. The Morgan fingerprint density at radius 2 is 1.33 bits per heavy atom. The number of amides is 2. The molecule has 0 fully saturated rings. The first kappa shape index (κ1) is 40.1. The van der Waals surface area contributed by atoms with E-state index in [1.165, 1.54) is 51.4 Å². The van der Waals surface area contributed by atoms with Crippen LogP contribution in [0.3, 0.4) is 0 Å². The van der Waals surface area contributed by atoms with E-state index in [0.717, 1.165) is 44.9 Å². The first-order valence-corrected chi connectivity index (χ1v) is 16.4. The summed E-state index contributed by atoms with van der Waals surface area (Å²) in [6.07, 6.45) is 29.5. The summed E-state index contributed by atoms with van der Waals surface area (Å²) < 4.78 is 5.72. The first-order chi connectivity index (χ1) is 20.8. The molecule has 0 spiro atoms. The van der Waals surface area contributed by atoms with Crippen molar-refractivity contribution in [2.24, 2.45) is 0 Å². The van der Waals surface area contributed by atoms with Crippen LogP contribution in [0.2, 0.25) is 0 Å². The van der Waals surface area contributed by atoms with Crippen LogP contribution >= 0.6 is 0 Å². The second-order valence-corrected chi connectivity index (χ2v) is 10.9. The van der Waals surface area contributed by atoms with Crippen molar-refractivity contribution in [2.45, 2.75) is 142 Å². The number of allylic oxidation sites excluding steroid dienone is 4. The molecule has 0 heterocycles. The minimum atomic E-state index is -1.39. The van der Waals surface area contributed by atoms with Crippen LogP contribution in [0.4, 0.5) is 0 Å². The van der Waals surface area contributed by atoms with Crippen LogP contribution in [-0.2, 0) is 23.9 Å². The van der Waals surface area contributed by atoms with E-state index in [4.69, 9.17) is 14.9 Å². The SMILES string of the molecule is CC/C=C\C/C=C\C(/C=C\CCCCCC(=O)NCC(=O)NC(CO)C(=O)O)OC(=O)CCCCCCCCCCCC. The normalized spacial score (nSPS) is 13.0. The number of aliphatic carboxylic acids is 1. The molecule has 0 aliphatic heterocycles. The molecule has 0 bridgehead atoms. The van der Waals surface area contributed by atoms with E-state index in [2.05, 4.69) is 36.6 Å². The number of rotatable bonds is 28. The van der Waals surface area contributed by atoms with Crippen LogP contribution in [0.15, 0.2) is 36.5 Å². The molecule has 0 saturated carbocycles. The highest BCUT2D eigenvalue weighted by Crippen LogP contribution is 2.12. The van der Waals surface area contributed by atoms with Crippen molar-refractivity contribution in [2.75, 3.05) is 13.2 Å². The van der Waals surface area contributed by atoms with E-state index in [1.54, 1.807) is 0 Å². The molecule has 4 N–H and O–H groups in total. The highest BCUT2D eigenvalue weighted by molar-refractivity contribution is 5.87. The summed E-state index contributed by atoms with van der Waals surface area (Å²) in [6, 6.07) is -1.39. The number of unbranched alkanes of at least 4 members (excludes halogenated alkanes) is 12. The molecule has 2 unspecified atom stereocenters. The number of carboxylic acids is 1. The van der Waals surface area contributed by atoms with Gasteiger partial charge >= 0.3 is 11.9 Å². The number of esters is 1. The Bertz CT molecular complexity index is 839. The third kappa shape index (κ3) is 26.4. The van der Waals surface area contributed by atoms with E-state index in [9.17, 15) is 19.2 Å². The molecule has 0 aliphatic rings. The molecule has 0 saturated heterocycles. The third-order valence-corrected chi connectivity index (χ3v) is 6.86. The van der Waals surface area contributed by atoms with Crippen LogP contribution < -0.4 is 10.6 Å². The van der Waals surface area contributed by atoms with Crippen molar-refractivity contribution < 1.29 is 34.1 Å². The largest absolute Gasteiger partial charge is 0.480 e. The Labute approximate surface area is 259 Å². The fourth-order valence-corrected chi connectivity index (χ4v) is 4.32. The number of ether oxygens (including phenoxy) is 1. The van der Waals surface area contributed by atoms with E-state index in [-0.39, 0.29) is 24.8 Å². The minimum Gasteiger partial charge on any atom is -0.480 e. The molecule has 0 rings (SSSR count). The Balaban J connectivity index is 4.29. The van der Waals surface area contributed by atoms with Gasteiger partial charge in [-0.15, -0.1) is 0 Å². The van der Waals surface area contributed by atoms with E-state index in [0.29, 0.717) is 12.8 Å². The first-order valence-electron chi connectivity index (χ1n) is 16.4. The molecule has 9 heteroatoms. The molecule has 2 amide bonds. The van der Waals surface area contributed by atoms with Gasteiger partial charge in [0.1, 0.15) is 12.1 Å². The summed E-state index contributed by atoms with van der Waals surface area (Å²) in [5, 5.41) is 22.3. The van der Waals surface area contributed by atoms with Gasteiger partial charge in [-0.05, 0) is 50.7 Å². The molecule has 0 aromatic rings. The number of carbonyl (C=O) groups is 4. The lowest BCUT2D eigenvalue weighted by Crippen LogP contribution is -2.47. The van der Waals surface area contributed by atoms with Crippen LogP contribution in [-0.4, -0.2) is 59.3 Å². The van der Waals surface area contributed by atoms with Crippen LogP contribution in [0.5, 0.6) is 0 Å².